The van der Waals surface area contributed by atoms with Gasteiger partial charge in [-0.05, 0) is 75.7 Å². The van der Waals surface area contributed by atoms with E-state index in [-0.39, 0.29) is 12.2 Å². The Morgan fingerprint density at radius 2 is 1.26 bits per heavy atom. The van der Waals surface area contributed by atoms with Crippen LogP contribution in [0.1, 0.15) is 34.6 Å². The molecule has 0 unspecified atom stereocenters. The van der Waals surface area contributed by atoms with E-state index in [0.29, 0.717) is 8.77 Å². The highest BCUT2D eigenvalue weighted by molar-refractivity contribution is 8.35. The van der Waals surface area contributed by atoms with E-state index in [9.17, 15) is 4.79 Å². The van der Waals surface area contributed by atoms with Crippen molar-refractivity contribution in [1.82, 2.24) is 0 Å². The first kappa shape index (κ1) is 18.9. The summed E-state index contributed by atoms with van der Waals surface area (Å²) in [6, 6.07) is 0. The number of carbonyl (C=O) groups excluding carboxylic acids is 1. The number of thiocarbonyl (C=S) groups is 2. The molecular weight excluding hydrogens is 324 g/mol. The molecule has 0 aliphatic heterocycles. The molecule has 0 aliphatic rings. The van der Waals surface area contributed by atoms with Gasteiger partial charge in [-0.2, -0.15) is 0 Å². The number of carbonyl (C=O) groups is 1. The van der Waals surface area contributed by atoms with E-state index in [2.05, 4.69) is 0 Å². The largest absolute Gasteiger partial charge is 0.476 e. The smallest absolute Gasteiger partial charge is 0.304 e. The van der Waals surface area contributed by atoms with E-state index >= 15 is 0 Å². The SMILES string of the molecule is CC(=O)OC(SC(=S)OC(C)C)SC(=S)OC(C)C. The second kappa shape index (κ2) is 9.79. The molecular formula is C11H18O4S4. The average molecular weight is 343 g/mol. The minimum absolute atomic E-state index is 0.0261. The van der Waals surface area contributed by atoms with Crippen LogP contribution in [0.5, 0.6) is 0 Å². The highest BCUT2D eigenvalue weighted by Gasteiger charge is 2.21. The molecule has 0 aromatic rings. The van der Waals surface area contributed by atoms with Crippen molar-refractivity contribution in [3.05, 3.63) is 0 Å². The molecule has 0 fully saturated rings. The van der Waals surface area contributed by atoms with Gasteiger partial charge in [0.25, 0.3) is 0 Å². The maximum Gasteiger partial charge on any atom is 0.304 e. The lowest BCUT2D eigenvalue weighted by Gasteiger charge is -2.18. The maximum atomic E-state index is 11.0. The third-order valence-corrected chi connectivity index (χ3v) is 3.81. The van der Waals surface area contributed by atoms with Crippen LogP contribution in [-0.2, 0) is 19.0 Å². The lowest BCUT2D eigenvalue weighted by molar-refractivity contribution is -0.139. The Morgan fingerprint density at radius 1 is 0.895 bits per heavy atom. The predicted molar refractivity (Wildman–Crippen MR) is 88.4 cm³/mol. The van der Waals surface area contributed by atoms with Crippen molar-refractivity contribution < 1.29 is 19.0 Å². The first-order valence-corrected chi connectivity index (χ1v) is 8.20. The highest BCUT2D eigenvalue weighted by atomic mass is 32.2. The van der Waals surface area contributed by atoms with Gasteiger partial charge in [-0.25, -0.2) is 0 Å². The summed E-state index contributed by atoms with van der Waals surface area (Å²) in [5.41, 5.74) is 0. The van der Waals surface area contributed by atoms with Gasteiger partial charge in [-0.1, -0.05) is 0 Å². The maximum absolute atomic E-state index is 11.0. The van der Waals surface area contributed by atoms with E-state index in [4.69, 9.17) is 38.6 Å². The molecule has 0 saturated carbocycles. The molecule has 0 aromatic carbocycles. The lowest BCUT2D eigenvalue weighted by Crippen LogP contribution is -2.17. The van der Waals surface area contributed by atoms with Crippen LogP contribution in [0.15, 0.2) is 0 Å². The molecule has 0 rings (SSSR count). The fourth-order valence-electron chi connectivity index (χ4n) is 0.805. The van der Waals surface area contributed by atoms with Crippen molar-refractivity contribution in [2.45, 2.75) is 51.6 Å². The van der Waals surface area contributed by atoms with Crippen LogP contribution in [0.2, 0.25) is 0 Å². The first-order chi connectivity index (χ1) is 8.70. The molecule has 0 spiro atoms. The quantitative estimate of drug-likeness (QED) is 0.425. The summed E-state index contributed by atoms with van der Waals surface area (Å²) in [5, 5.41) is 0. The van der Waals surface area contributed by atoms with Gasteiger partial charge in [0.15, 0.2) is 0 Å². The topological polar surface area (TPSA) is 44.8 Å². The second-order valence-corrected chi connectivity index (χ2v) is 7.59. The molecule has 0 saturated heterocycles. The Balaban J connectivity index is 4.42. The lowest BCUT2D eigenvalue weighted by atomic mass is 10.5. The third-order valence-electron chi connectivity index (χ3n) is 1.31. The summed E-state index contributed by atoms with van der Waals surface area (Å²) in [4.78, 5) is 11.0. The van der Waals surface area contributed by atoms with Gasteiger partial charge in [0, 0.05) is 6.92 Å². The fraction of sp³-hybridized carbons (Fsp3) is 0.727. The van der Waals surface area contributed by atoms with Crippen LogP contribution in [-0.4, -0.2) is 31.7 Å². The van der Waals surface area contributed by atoms with Crippen molar-refractivity contribution >= 4 is 62.7 Å². The standard InChI is InChI=1S/C11H18O4S4/c1-6(2)13-9(16)18-11(15-8(5)12)19-10(17)14-7(3)4/h6-7,11H,1-5H3. The molecule has 0 amide bonds. The number of hydrogen-bond donors (Lipinski definition) is 0. The van der Waals surface area contributed by atoms with Crippen LogP contribution in [0.4, 0.5) is 0 Å². The van der Waals surface area contributed by atoms with Gasteiger partial charge < -0.3 is 14.2 Å². The van der Waals surface area contributed by atoms with Crippen molar-refractivity contribution in [3.8, 4) is 0 Å². The van der Waals surface area contributed by atoms with Crippen LogP contribution < -0.4 is 0 Å². The molecule has 19 heavy (non-hydrogen) atoms. The molecule has 0 radical (unpaired) electrons. The molecule has 0 bridgehead atoms. The summed E-state index contributed by atoms with van der Waals surface area (Å²) in [5.74, 6) is -0.412. The molecule has 4 nitrogen and oxygen atoms in total. The van der Waals surface area contributed by atoms with Crippen LogP contribution in [0.25, 0.3) is 0 Å². The Bertz CT molecular complexity index is 307. The summed E-state index contributed by atoms with van der Waals surface area (Å²) in [6.07, 6.45) is -0.0521. The summed E-state index contributed by atoms with van der Waals surface area (Å²) in [7, 11) is 0. The van der Waals surface area contributed by atoms with Gasteiger partial charge in [-0.15, -0.1) is 0 Å². The molecule has 0 atom stereocenters. The Hall–Kier alpha value is -0.0500. The minimum atomic E-state index is -0.602. The second-order valence-electron chi connectivity index (χ2n) is 3.97. The zero-order chi connectivity index (χ0) is 15.0. The summed E-state index contributed by atoms with van der Waals surface area (Å²) >= 11 is 12.3. The third kappa shape index (κ3) is 11.5. The van der Waals surface area contributed by atoms with E-state index in [1.165, 1.54) is 6.92 Å². The highest BCUT2D eigenvalue weighted by Crippen LogP contribution is 2.29. The van der Waals surface area contributed by atoms with Gasteiger partial charge in [-0.3, -0.25) is 4.79 Å². The van der Waals surface area contributed by atoms with E-state index < -0.39 is 10.7 Å². The molecule has 0 N–H and O–H groups in total. The Kier molecular flexibility index (Phi) is 9.77. The number of ether oxygens (including phenoxy) is 3. The first-order valence-electron chi connectivity index (χ1n) is 5.62. The van der Waals surface area contributed by atoms with Crippen molar-refractivity contribution in [2.24, 2.45) is 0 Å². The summed E-state index contributed by atoms with van der Waals surface area (Å²) < 4.78 is 15.8. The predicted octanol–water partition coefficient (Wildman–Crippen LogP) is 3.72. The van der Waals surface area contributed by atoms with Gasteiger partial charge in [0.1, 0.15) is 0 Å². The van der Waals surface area contributed by atoms with E-state index in [1.54, 1.807) is 0 Å². The van der Waals surface area contributed by atoms with Gasteiger partial charge in [0.05, 0.1) is 12.2 Å². The van der Waals surface area contributed by atoms with E-state index in [0.717, 1.165) is 23.5 Å². The molecule has 8 heteroatoms. The zero-order valence-electron chi connectivity index (χ0n) is 11.5. The molecule has 110 valence electrons. The normalized spacial score (nSPS) is 10.7. The number of thioether (sulfide) groups is 2. The van der Waals surface area contributed by atoms with Crippen molar-refractivity contribution in [2.75, 3.05) is 0 Å². The van der Waals surface area contributed by atoms with Crippen molar-refractivity contribution in [1.29, 1.82) is 0 Å². The molecule has 0 aromatic heterocycles. The van der Waals surface area contributed by atoms with Crippen molar-refractivity contribution in [3.63, 3.8) is 0 Å². The average Bonchev–Trinajstić information content (AvgIpc) is 2.11. The minimum Gasteiger partial charge on any atom is -0.476 e. The van der Waals surface area contributed by atoms with Gasteiger partial charge in [0.2, 0.25) is 13.5 Å². The zero-order valence-corrected chi connectivity index (χ0v) is 14.8. The summed E-state index contributed by atoms with van der Waals surface area (Å²) in [6.45, 7) is 8.80. The number of hydrogen-bond acceptors (Lipinski definition) is 8. The van der Waals surface area contributed by atoms with Crippen LogP contribution >= 0.6 is 48.0 Å². The van der Waals surface area contributed by atoms with Crippen LogP contribution in [0, 0.1) is 0 Å². The monoisotopic (exact) mass is 342 g/mol. The number of esters is 1. The van der Waals surface area contributed by atoms with Gasteiger partial charge >= 0.3 is 5.97 Å². The number of rotatable bonds is 5. The fourth-order valence-corrected chi connectivity index (χ4v) is 3.97. The van der Waals surface area contributed by atoms with Crippen LogP contribution in [0.3, 0.4) is 0 Å². The van der Waals surface area contributed by atoms with E-state index in [1.807, 2.05) is 27.7 Å². The molecule has 0 aliphatic carbocycles. The Morgan fingerprint density at radius 3 is 1.53 bits per heavy atom. The molecule has 0 heterocycles. The Labute approximate surface area is 133 Å².